The molecule has 3 nitrogen and oxygen atoms in total. The number of hydrogen-bond donors (Lipinski definition) is 0. The van der Waals surface area contributed by atoms with Crippen molar-refractivity contribution >= 4 is 95.7 Å². The minimum atomic E-state index is 0.696. The zero-order valence-electron chi connectivity index (χ0n) is 22.8. The highest BCUT2D eigenvalue weighted by atomic mass is 32.1. The summed E-state index contributed by atoms with van der Waals surface area (Å²) in [5, 5.41) is 8.64. The molecule has 10 aromatic rings. The molecular formula is C38H21N3S2. The third-order valence-corrected chi connectivity index (χ3v) is 11.2. The number of hydrogen-bond acceptors (Lipinski definition) is 4. The average molecular weight is 584 g/mol. The fraction of sp³-hybridized carbons (Fsp3) is 0. The number of nitrogens with zero attached hydrogens (tertiary/aromatic N) is 3. The molecule has 0 aliphatic rings. The van der Waals surface area contributed by atoms with Gasteiger partial charge >= 0.3 is 0 Å². The monoisotopic (exact) mass is 583 g/mol. The van der Waals surface area contributed by atoms with Gasteiger partial charge in [0.25, 0.3) is 0 Å². The quantitative estimate of drug-likeness (QED) is 0.203. The number of fused-ring (bicyclic) bond motifs is 12. The van der Waals surface area contributed by atoms with Gasteiger partial charge in [-0.1, -0.05) is 109 Å². The summed E-state index contributed by atoms with van der Waals surface area (Å²) in [6.07, 6.45) is 0. The Morgan fingerprint density at radius 3 is 2.12 bits per heavy atom. The van der Waals surface area contributed by atoms with Crippen LogP contribution in [-0.2, 0) is 0 Å². The maximum Gasteiger partial charge on any atom is 0.235 e. The van der Waals surface area contributed by atoms with Gasteiger partial charge in [0.2, 0.25) is 5.95 Å². The van der Waals surface area contributed by atoms with Crippen LogP contribution in [0.4, 0.5) is 0 Å². The molecule has 0 saturated heterocycles. The van der Waals surface area contributed by atoms with Crippen LogP contribution in [0.5, 0.6) is 0 Å². The molecule has 43 heavy (non-hydrogen) atoms. The molecule has 0 aliphatic heterocycles. The minimum Gasteiger partial charge on any atom is -0.276 e. The van der Waals surface area contributed by atoms with E-state index in [1.807, 2.05) is 22.7 Å². The Kier molecular flexibility index (Phi) is 4.75. The van der Waals surface area contributed by atoms with Crippen LogP contribution in [-0.4, -0.2) is 14.5 Å². The summed E-state index contributed by atoms with van der Waals surface area (Å²) in [5.41, 5.74) is 5.27. The van der Waals surface area contributed by atoms with Gasteiger partial charge in [-0.05, 0) is 29.0 Å². The van der Waals surface area contributed by atoms with Crippen molar-refractivity contribution in [1.29, 1.82) is 0 Å². The number of aromatic nitrogens is 3. The van der Waals surface area contributed by atoms with E-state index in [0.29, 0.717) is 5.95 Å². The Morgan fingerprint density at radius 1 is 0.488 bits per heavy atom. The molecule has 0 fully saturated rings. The van der Waals surface area contributed by atoms with Gasteiger partial charge in [-0.3, -0.25) is 4.57 Å². The minimum absolute atomic E-state index is 0.696. The number of benzene rings is 6. The fourth-order valence-corrected chi connectivity index (χ4v) is 9.50. The topological polar surface area (TPSA) is 30.7 Å². The second kappa shape index (κ2) is 8.71. The predicted octanol–water partition coefficient (Wildman–Crippen LogP) is 11.1. The van der Waals surface area contributed by atoms with Gasteiger partial charge in [0.05, 0.1) is 36.3 Å². The van der Waals surface area contributed by atoms with E-state index in [1.54, 1.807) is 0 Å². The summed E-state index contributed by atoms with van der Waals surface area (Å²) in [5.74, 6) is 0.696. The van der Waals surface area contributed by atoms with Gasteiger partial charge in [-0.15, -0.1) is 22.7 Å². The second-order valence-electron chi connectivity index (χ2n) is 11.0. The maximum atomic E-state index is 5.35. The lowest BCUT2D eigenvalue weighted by atomic mass is 10.0. The van der Waals surface area contributed by atoms with Crippen molar-refractivity contribution in [1.82, 2.24) is 14.5 Å². The normalized spacial score (nSPS) is 12.2. The van der Waals surface area contributed by atoms with Crippen LogP contribution in [0.1, 0.15) is 0 Å². The van der Waals surface area contributed by atoms with E-state index in [1.165, 1.54) is 56.6 Å². The standard InChI is InChI=1S/C38H21N3S2/c1-2-11-23(12-3-1)33-25-14-6-8-16-29(25)39-38(40-33)41-30-21-18-22-10-4-5-13-24(22)32(30)27-19-20-28-35(34(27)41)43-36-26-15-7-9-17-31(26)42-37(28)36/h1-21H. The molecule has 10 rings (SSSR count). The van der Waals surface area contributed by atoms with Gasteiger partial charge in [0.15, 0.2) is 0 Å². The lowest BCUT2D eigenvalue weighted by Crippen LogP contribution is -2.03. The molecule has 0 amide bonds. The highest BCUT2D eigenvalue weighted by Crippen LogP contribution is 2.48. The van der Waals surface area contributed by atoms with Crippen molar-refractivity contribution in [2.75, 3.05) is 0 Å². The SMILES string of the molecule is c1ccc(-c2nc(-n3c4ccc5ccccc5c4c4ccc5c6sc7ccccc7c6sc5c43)nc3ccccc23)cc1. The molecule has 200 valence electrons. The summed E-state index contributed by atoms with van der Waals surface area (Å²) in [7, 11) is 0. The van der Waals surface area contributed by atoms with Crippen molar-refractivity contribution in [3.8, 4) is 17.2 Å². The summed E-state index contributed by atoms with van der Waals surface area (Å²) in [4.78, 5) is 10.6. The van der Waals surface area contributed by atoms with Crippen LogP contribution < -0.4 is 0 Å². The van der Waals surface area contributed by atoms with Crippen LogP contribution >= 0.6 is 22.7 Å². The van der Waals surface area contributed by atoms with Crippen molar-refractivity contribution in [3.05, 3.63) is 127 Å². The lowest BCUT2D eigenvalue weighted by molar-refractivity contribution is 1.02. The summed E-state index contributed by atoms with van der Waals surface area (Å²) < 4.78 is 7.65. The van der Waals surface area contributed by atoms with E-state index in [-0.39, 0.29) is 0 Å². The van der Waals surface area contributed by atoms with E-state index in [2.05, 4.69) is 132 Å². The number of thiophene rings is 2. The largest absolute Gasteiger partial charge is 0.276 e. The van der Waals surface area contributed by atoms with Crippen LogP contribution in [0.3, 0.4) is 0 Å². The molecule has 5 heteroatoms. The Labute approximate surface area is 253 Å². The zero-order chi connectivity index (χ0) is 28.1. The molecule has 0 aliphatic carbocycles. The molecule has 6 aromatic carbocycles. The van der Waals surface area contributed by atoms with Crippen molar-refractivity contribution in [2.45, 2.75) is 0 Å². The highest BCUT2D eigenvalue weighted by Gasteiger charge is 2.23. The first-order valence-corrected chi connectivity index (χ1v) is 16.0. The fourth-order valence-electron chi connectivity index (χ4n) is 6.72. The Bertz CT molecular complexity index is 2730. The second-order valence-corrected chi connectivity index (χ2v) is 13.0. The van der Waals surface area contributed by atoms with E-state index < -0.39 is 0 Å². The van der Waals surface area contributed by atoms with Crippen LogP contribution in [0.2, 0.25) is 0 Å². The van der Waals surface area contributed by atoms with Crippen LogP contribution in [0, 0.1) is 0 Å². The first kappa shape index (κ1) is 23.5. The Balaban J connectivity index is 1.42. The first-order chi connectivity index (χ1) is 21.3. The average Bonchev–Trinajstić information content (AvgIpc) is 3.73. The van der Waals surface area contributed by atoms with Crippen LogP contribution in [0.25, 0.3) is 90.3 Å². The Morgan fingerprint density at radius 2 is 1.21 bits per heavy atom. The molecule has 0 unspecified atom stereocenters. The van der Waals surface area contributed by atoms with Gasteiger partial charge < -0.3 is 0 Å². The molecule has 0 radical (unpaired) electrons. The molecule has 0 bridgehead atoms. The van der Waals surface area contributed by atoms with Gasteiger partial charge in [-0.25, -0.2) is 9.97 Å². The molecule has 0 saturated carbocycles. The molecular weight excluding hydrogens is 563 g/mol. The van der Waals surface area contributed by atoms with Gasteiger partial charge in [-0.2, -0.15) is 0 Å². The third-order valence-electron chi connectivity index (χ3n) is 8.61. The predicted molar refractivity (Wildman–Crippen MR) is 185 cm³/mol. The van der Waals surface area contributed by atoms with Crippen molar-refractivity contribution < 1.29 is 0 Å². The number of rotatable bonds is 2. The van der Waals surface area contributed by atoms with E-state index >= 15 is 0 Å². The third kappa shape index (κ3) is 3.23. The summed E-state index contributed by atoms with van der Waals surface area (Å²) in [6.45, 7) is 0. The van der Waals surface area contributed by atoms with Gasteiger partial charge in [0.1, 0.15) is 0 Å². The van der Waals surface area contributed by atoms with Crippen molar-refractivity contribution in [3.63, 3.8) is 0 Å². The zero-order valence-corrected chi connectivity index (χ0v) is 24.4. The van der Waals surface area contributed by atoms with E-state index in [0.717, 1.165) is 27.7 Å². The molecule has 0 N–H and O–H groups in total. The summed E-state index contributed by atoms with van der Waals surface area (Å²) >= 11 is 3.78. The lowest BCUT2D eigenvalue weighted by Gasteiger charge is -2.12. The summed E-state index contributed by atoms with van der Waals surface area (Å²) in [6, 6.07) is 45.4. The highest BCUT2D eigenvalue weighted by molar-refractivity contribution is 7.37. The van der Waals surface area contributed by atoms with Crippen molar-refractivity contribution in [2.24, 2.45) is 0 Å². The molecule has 0 atom stereocenters. The Hall–Kier alpha value is -5.10. The molecule has 0 spiro atoms. The number of para-hydroxylation sites is 1. The van der Waals surface area contributed by atoms with Gasteiger partial charge in [0, 0.05) is 37.2 Å². The molecule has 4 aromatic heterocycles. The smallest absolute Gasteiger partial charge is 0.235 e. The maximum absolute atomic E-state index is 5.35. The van der Waals surface area contributed by atoms with Crippen LogP contribution in [0.15, 0.2) is 127 Å². The van der Waals surface area contributed by atoms with E-state index in [4.69, 9.17) is 9.97 Å². The molecule has 4 heterocycles. The first-order valence-electron chi connectivity index (χ1n) is 14.3. The van der Waals surface area contributed by atoms with E-state index in [9.17, 15) is 0 Å².